The highest BCUT2D eigenvalue weighted by Gasteiger charge is 2.27. The lowest BCUT2D eigenvalue weighted by molar-refractivity contribution is 0.0977. The van der Waals surface area contributed by atoms with Gasteiger partial charge < -0.3 is 10.2 Å². The van der Waals surface area contributed by atoms with Crippen molar-refractivity contribution in [3.8, 4) is 11.3 Å². The number of carbonyl (C=O) groups excluding carboxylic acids is 1. The molecule has 0 fully saturated rings. The Morgan fingerprint density at radius 2 is 1.84 bits per heavy atom. The van der Waals surface area contributed by atoms with Gasteiger partial charge in [0.25, 0.3) is 11.5 Å². The van der Waals surface area contributed by atoms with E-state index in [4.69, 9.17) is 16.6 Å². The molecule has 0 saturated carbocycles. The van der Waals surface area contributed by atoms with Crippen LogP contribution in [0.5, 0.6) is 0 Å². The van der Waals surface area contributed by atoms with Crippen molar-refractivity contribution in [1.82, 2.24) is 29.0 Å². The molecule has 1 aliphatic heterocycles. The van der Waals surface area contributed by atoms with E-state index in [2.05, 4.69) is 32.4 Å². The lowest BCUT2D eigenvalue weighted by Gasteiger charge is -2.23. The topological polar surface area (TPSA) is 144 Å². The van der Waals surface area contributed by atoms with Crippen molar-refractivity contribution in [2.24, 2.45) is 14.1 Å². The molecule has 1 amide bonds. The van der Waals surface area contributed by atoms with Gasteiger partial charge in [-0.3, -0.25) is 18.8 Å². The number of hydrogen-bond donors (Lipinski definition) is 2. The summed E-state index contributed by atoms with van der Waals surface area (Å²) < 4.78 is 28.8. The Balaban J connectivity index is 1.40. The first-order valence-corrected chi connectivity index (χ1v) is 16.4. The third-order valence-electron chi connectivity index (χ3n) is 7.89. The van der Waals surface area contributed by atoms with Gasteiger partial charge in [-0.2, -0.15) is 5.10 Å². The molecule has 2 aromatic carbocycles. The molecule has 1 atom stereocenters. The summed E-state index contributed by atoms with van der Waals surface area (Å²) in [7, 11) is -0.202. The Bertz CT molecular complexity index is 2180. The summed E-state index contributed by atoms with van der Waals surface area (Å²) in [5.74, 6) is -0.393. The standard InChI is InChI=1S/C31H31ClN8O4S/c1-17-13-21(18(2)34-24-9-10-26(32)35-28(24)29(41)37-45(5,43)44)27-22(14-17)30(42)38(3)31(36-27)40-15-19-7-6-8-20(23(19)16-40)25-11-12-33-39(25)4/h6-14,18,34H,15-16H2,1-5H3,(H,37,41)/t18-/m1/s1. The highest BCUT2D eigenvalue weighted by atomic mass is 35.5. The Hall–Kier alpha value is -4.75. The van der Waals surface area contributed by atoms with Crippen LogP contribution in [0.4, 0.5) is 11.6 Å². The first-order chi connectivity index (χ1) is 21.3. The smallest absolute Gasteiger partial charge is 0.285 e. The number of aryl methyl sites for hydroxylation is 2. The minimum atomic E-state index is -3.84. The second kappa shape index (κ2) is 11.3. The highest BCUT2D eigenvalue weighted by molar-refractivity contribution is 7.89. The summed E-state index contributed by atoms with van der Waals surface area (Å²) in [6, 6.07) is 14.5. The number of aromatic nitrogens is 5. The SMILES string of the molecule is Cc1cc([C@@H](C)Nc2ccc(Cl)nc2C(=O)NS(C)(=O)=O)c2nc(N3Cc4cccc(-c5ccnn5C)c4C3)n(C)c(=O)c2c1. The van der Waals surface area contributed by atoms with Crippen LogP contribution in [0.2, 0.25) is 5.15 Å². The molecule has 0 spiro atoms. The summed E-state index contributed by atoms with van der Waals surface area (Å²) in [5, 5.41) is 8.08. The lowest BCUT2D eigenvalue weighted by Crippen LogP contribution is -2.31. The van der Waals surface area contributed by atoms with Gasteiger partial charge in [-0.1, -0.05) is 35.9 Å². The summed E-state index contributed by atoms with van der Waals surface area (Å²) in [6.45, 7) is 4.91. The molecule has 0 unspecified atom stereocenters. The van der Waals surface area contributed by atoms with Crippen molar-refractivity contribution in [2.45, 2.75) is 33.0 Å². The zero-order valence-corrected chi connectivity index (χ0v) is 26.9. The van der Waals surface area contributed by atoms with Crippen LogP contribution in [0.3, 0.4) is 0 Å². The Kier molecular flexibility index (Phi) is 7.61. The maximum atomic E-state index is 13.8. The molecule has 6 rings (SSSR count). The number of rotatable bonds is 7. The first-order valence-electron chi connectivity index (χ1n) is 14.1. The van der Waals surface area contributed by atoms with Gasteiger partial charge >= 0.3 is 0 Å². The number of halogens is 1. The molecule has 1 aliphatic rings. The number of pyridine rings is 1. The van der Waals surface area contributed by atoms with Crippen molar-refractivity contribution in [3.05, 3.63) is 98.2 Å². The van der Waals surface area contributed by atoms with Gasteiger partial charge in [0.1, 0.15) is 5.15 Å². The summed E-state index contributed by atoms with van der Waals surface area (Å²) in [5.41, 5.74) is 6.40. The molecule has 0 radical (unpaired) electrons. The second-order valence-electron chi connectivity index (χ2n) is 11.3. The molecule has 2 N–H and O–H groups in total. The normalized spacial score (nSPS) is 13.6. The third kappa shape index (κ3) is 5.76. The molecule has 5 aromatic rings. The maximum absolute atomic E-state index is 13.8. The number of anilines is 2. The van der Waals surface area contributed by atoms with Crippen molar-refractivity contribution < 1.29 is 13.2 Å². The number of nitrogens with one attached hydrogen (secondary N) is 2. The average molecular weight is 647 g/mol. The van der Waals surface area contributed by atoms with E-state index in [1.165, 1.54) is 6.07 Å². The van der Waals surface area contributed by atoms with Crippen LogP contribution in [0.25, 0.3) is 22.2 Å². The lowest BCUT2D eigenvalue weighted by atomic mass is 10.0. The quantitative estimate of drug-likeness (QED) is 0.250. The van der Waals surface area contributed by atoms with E-state index in [9.17, 15) is 18.0 Å². The van der Waals surface area contributed by atoms with E-state index < -0.39 is 22.0 Å². The second-order valence-corrected chi connectivity index (χ2v) is 13.4. The fourth-order valence-electron chi connectivity index (χ4n) is 5.85. The fourth-order valence-corrected chi connectivity index (χ4v) is 6.43. The van der Waals surface area contributed by atoms with E-state index in [1.54, 1.807) is 23.9 Å². The number of amides is 1. The predicted octanol–water partition coefficient (Wildman–Crippen LogP) is 4.07. The molecule has 12 nitrogen and oxygen atoms in total. The van der Waals surface area contributed by atoms with Crippen LogP contribution < -0.4 is 20.5 Å². The van der Waals surface area contributed by atoms with Gasteiger partial charge in [0.2, 0.25) is 16.0 Å². The molecule has 0 saturated heterocycles. The molecule has 0 bridgehead atoms. The van der Waals surface area contributed by atoms with Gasteiger partial charge in [0, 0.05) is 44.5 Å². The molecule has 14 heteroatoms. The van der Waals surface area contributed by atoms with E-state index in [0.29, 0.717) is 29.9 Å². The van der Waals surface area contributed by atoms with Gasteiger partial charge in [-0.05, 0) is 54.8 Å². The predicted molar refractivity (Wildman–Crippen MR) is 174 cm³/mol. The van der Waals surface area contributed by atoms with E-state index in [1.807, 2.05) is 54.6 Å². The molecular weight excluding hydrogens is 616 g/mol. The van der Waals surface area contributed by atoms with Crippen molar-refractivity contribution in [3.63, 3.8) is 0 Å². The van der Waals surface area contributed by atoms with Crippen LogP contribution in [0.1, 0.15) is 45.7 Å². The Morgan fingerprint density at radius 1 is 1.07 bits per heavy atom. The Morgan fingerprint density at radius 3 is 2.56 bits per heavy atom. The van der Waals surface area contributed by atoms with Crippen LogP contribution in [0.15, 0.2) is 59.5 Å². The highest BCUT2D eigenvalue weighted by Crippen LogP contribution is 2.35. The molecule has 0 aliphatic carbocycles. The van der Waals surface area contributed by atoms with Gasteiger partial charge in [0.15, 0.2) is 5.69 Å². The van der Waals surface area contributed by atoms with Crippen molar-refractivity contribution in [2.75, 3.05) is 16.5 Å². The number of hydrogen-bond acceptors (Lipinski definition) is 9. The fraction of sp³-hybridized carbons (Fsp3) is 0.258. The summed E-state index contributed by atoms with van der Waals surface area (Å²) >= 11 is 6.05. The number of nitrogens with zero attached hydrogens (tertiary/aromatic N) is 6. The van der Waals surface area contributed by atoms with E-state index in [-0.39, 0.29) is 22.1 Å². The average Bonchev–Trinajstić information content (AvgIpc) is 3.60. The van der Waals surface area contributed by atoms with Crippen LogP contribution >= 0.6 is 11.6 Å². The van der Waals surface area contributed by atoms with Crippen LogP contribution in [-0.4, -0.2) is 44.9 Å². The summed E-state index contributed by atoms with van der Waals surface area (Å²) in [4.78, 5) is 37.8. The molecule has 3 aromatic heterocycles. The van der Waals surface area contributed by atoms with Crippen molar-refractivity contribution in [1.29, 1.82) is 0 Å². The number of benzene rings is 2. The minimum Gasteiger partial charge on any atom is -0.377 e. The van der Waals surface area contributed by atoms with E-state index >= 15 is 0 Å². The van der Waals surface area contributed by atoms with Crippen LogP contribution in [0, 0.1) is 6.92 Å². The minimum absolute atomic E-state index is 0.0285. The number of carbonyl (C=O) groups is 1. The maximum Gasteiger partial charge on any atom is 0.285 e. The summed E-state index contributed by atoms with van der Waals surface area (Å²) in [6.07, 6.45) is 2.66. The van der Waals surface area contributed by atoms with Gasteiger partial charge in [-0.25, -0.2) is 23.1 Å². The van der Waals surface area contributed by atoms with Crippen LogP contribution in [-0.2, 0) is 37.2 Å². The zero-order valence-electron chi connectivity index (χ0n) is 25.3. The molecule has 4 heterocycles. The number of sulfonamides is 1. The molecule has 232 valence electrons. The number of fused-ring (bicyclic) bond motifs is 2. The Labute approximate surface area is 264 Å². The first kappa shape index (κ1) is 30.3. The van der Waals surface area contributed by atoms with Crippen molar-refractivity contribution >= 4 is 50.1 Å². The molecule has 45 heavy (non-hydrogen) atoms. The van der Waals surface area contributed by atoms with Gasteiger partial charge in [-0.15, -0.1) is 0 Å². The monoisotopic (exact) mass is 646 g/mol. The zero-order chi connectivity index (χ0) is 32.2. The molecular formula is C31H31ClN8O4S. The van der Waals surface area contributed by atoms with E-state index in [0.717, 1.165) is 39.8 Å². The third-order valence-corrected chi connectivity index (χ3v) is 8.65. The largest absolute Gasteiger partial charge is 0.377 e. The van der Waals surface area contributed by atoms with Gasteiger partial charge in [0.05, 0.1) is 34.6 Å².